The van der Waals surface area contributed by atoms with Crippen LogP contribution in [0.2, 0.25) is 0 Å². The van der Waals surface area contributed by atoms with Crippen LogP contribution in [0.5, 0.6) is 11.5 Å². The summed E-state index contributed by atoms with van der Waals surface area (Å²) in [6.45, 7) is 4.48. The van der Waals surface area contributed by atoms with Crippen LogP contribution in [-0.4, -0.2) is 43.9 Å². The number of rotatable bonds is 6. The maximum Gasteiger partial charge on any atom is 0.129 e. The molecule has 0 aliphatic carbocycles. The minimum atomic E-state index is -0.570. The van der Waals surface area contributed by atoms with Gasteiger partial charge in [-0.2, -0.15) is 0 Å². The molecule has 4 nitrogen and oxygen atoms in total. The first-order valence-corrected chi connectivity index (χ1v) is 6.11. The largest absolute Gasteiger partial charge is 0.497 e. The minimum absolute atomic E-state index is 0.0578. The average molecular weight is 253 g/mol. The van der Waals surface area contributed by atoms with Gasteiger partial charge in [0.15, 0.2) is 0 Å². The van der Waals surface area contributed by atoms with Crippen molar-refractivity contribution in [2.75, 3.05) is 27.7 Å². The second kappa shape index (κ2) is 6.61. The SMILES string of the molecule is COc1ccc(C(O)CN(C)C)c(OC(C)C)c1. The van der Waals surface area contributed by atoms with E-state index >= 15 is 0 Å². The van der Waals surface area contributed by atoms with Crippen LogP contribution in [0.1, 0.15) is 25.5 Å². The number of nitrogens with zero attached hydrogens (tertiary/aromatic N) is 1. The van der Waals surface area contributed by atoms with E-state index < -0.39 is 6.10 Å². The van der Waals surface area contributed by atoms with Crippen LogP contribution in [0.3, 0.4) is 0 Å². The summed E-state index contributed by atoms with van der Waals surface area (Å²) in [6.07, 6.45) is -0.512. The lowest BCUT2D eigenvalue weighted by molar-refractivity contribution is 0.131. The highest BCUT2D eigenvalue weighted by Gasteiger charge is 2.16. The fraction of sp³-hybridized carbons (Fsp3) is 0.571. The Hall–Kier alpha value is -1.26. The van der Waals surface area contributed by atoms with E-state index in [1.165, 1.54) is 0 Å². The van der Waals surface area contributed by atoms with E-state index in [4.69, 9.17) is 9.47 Å². The topological polar surface area (TPSA) is 41.9 Å². The number of aliphatic hydroxyl groups is 1. The van der Waals surface area contributed by atoms with E-state index in [1.54, 1.807) is 7.11 Å². The Morgan fingerprint density at radius 3 is 2.44 bits per heavy atom. The Kier molecular flexibility index (Phi) is 5.44. The number of aliphatic hydroxyl groups excluding tert-OH is 1. The lowest BCUT2D eigenvalue weighted by Gasteiger charge is -2.21. The summed E-state index contributed by atoms with van der Waals surface area (Å²) in [6, 6.07) is 5.50. The fourth-order valence-corrected chi connectivity index (χ4v) is 1.72. The van der Waals surface area contributed by atoms with Gasteiger partial charge in [-0.05, 0) is 40.1 Å². The molecular weight excluding hydrogens is 230 g/mol. The summed E-state index contributed by atoms with van der Waals surface area (Å²) >= 11 is 0. The van der Waals surface area contributed by atoms with Crippen LogP contribution >= 0.6 is 0 Å². The molecular formula is C14H23NO3. The third-order valence-corrected chi connectivity index (χ3v) is 2.48. The van der Waals surface area contributed by atoms with Crippen LogP contribution in [0.15, 0.2) is 18.2 Å². The van der Waals surface area contributed by atoms with Gasteiger partial charge >= 0.3 is 0 Å². The molecule has 0 radical (unpaired) electrons. The normalized spacial score (nSPS) is 12.9. The lowest BCUT2D eigenvalue weighted by Crippen LogP contribution is -2.21. The number of ether oxygens (including phenoxy) is 2. The van der Waals surface area contributed by atoms with Crippen LogP contribution in [-0.2, 0) is 0 Å². The van der Waals surface area contributed by atoms with Gasteiger partial charge in [-0.25, -0.2) is 0 Å². The molecule has 0 fully saturated rings. The first-order valence-electron chi connectivity index (χ1n) is 6.11. The zero-order valence-corrected chi connectivity index (χ0v) is 11.8. The van der Waals surface area contributed by atoms with Crippen molar-refractivity contribution in [3.63, 3.8) is 0 Å². The van der Waals surface area contributed by atoms with Crippen LogP contribution < -0.4 is 9.47 Å². The van der Waals surface area contributed by atoms with Gasteiger partial charge in [0.1, 0.15) is 11.5 Å². The molecule has 18 heavy (non-hydrogen) atoms. The Morgan fingerprint density at radius 1 is 1.28 bits per heavy atom. The molecule has 0 bridgehead atoms. The molecule has 1 atom stereocenters. The van der Waals surface area contributed by atoms with Gasteiger partial charge in [0.25, 0.3) is 0 Å². The van der Waals surface area contributed by atoms with E-state index in [0.717, 1.165) is 11.3 Å². The third-order valence-electron chi connectivity index (χ3n) is 2.48. The van der Waals surface area contributed by atoms with Crippen LogP contribution in [0, 0.1) is 0 Å². The predicted octanol–water partition coefficient (Wildman–Crippen LogP) is 2.08. The summed E-state index contributed by atoms with van der Waals surface area (Å²) in [5.74, 6) is 1.41. The molecule has 0 spiro atoms. The second-order valence-corrected chi connectivity index (χ2v) is 4.85. The van der Waals surface area contributed by atoms with Crippen molar-refractivity contribution in [1.29, 1.82) is 0 Å². The summed E-state index contributed by atoms with van der Waals surface area (Å²) in [5, 5.41) is 10.2. The first kappa shape index (κ1) is 14.8. The van der Waals surface area contributed by atoms with Gasteiger partial charge in [-0.3, -0.25) is 0 Å². The number of hydrogen-bond donors (Lipinski definition) is 1. The monoisotopic (exact) mass is 253 g/mol. The van der Waals surface area contributed by atoms with E-state index in [0.29, 0.717) is 12.3 Å². The fourth-order valence-electron chi connectivity index (χ4n) is 1.72. The summed E-state index contributed by atoms with van der Waals surface area (Å²) in [7, 11) is 5.47. The maximum absolute atomic E-state index is 10.2. The van der Waals surface area contributed by atoms with Gasteiger partial charge in [-0.15, -0.1) is 0 Å². The van der Waals surface area contributed by atoms with Gasteiger partial charge < -0.3 is 19.5 Å². The zero-order chi connectivity index (χ0) is 13.7. The van der Waals surface area contributed by atoms with E-state index in [9.17, 15) is 5.11 Å². The highest BCUT2D eigenvalue weighted by molar-refractivity contribution is 5.42. The Morgan fingerprint density at radius 2 is 1.94 bits per heavy atom. The van der Waals surface area contributed by atoms with Gasteiger partial charge in [0.2, 0.25) is 0 Å². The molecule has 1 aromatic rings. The van der Waals surface area contributed by atoms with Crippen LogP contribution in [0.4, 0.5) is 0 Å². The molecule has 4 heteroatoms. The van der Waals surface area contributed by atoms with Gasteiger partial charge in [-0.1, -0.05) is 0 Å². The predicted molar refractivity (Wildman–Crippen MR) is 72.3 cm³/mol. The summed E-state index contributed by atoms with van der Waals surface area (Å²) in [5.41, 5.74) is 0.790. The standard InChI is InChI=1S/C14H23NO3/c1-10(2)18-14-8-11(17-5)6-7-12(14)13(16)9-15(3)4/h6-8,10,13,16H,9H2,1-5H3. The molecule has 1 unspecified atom stereocenters. The van der Waals surface area contributed by atoms with Crippen molar-refractivity contribution in [2.45, 2.75) is 26.1 Å². The number of benzene rings is 1. The van der Waals surface area contributed by atoms with Gasteiger partial charge in [0.05, 0.1) is 19.3 Å². The summed E-state index contributed by atoms with van der Waals surface area (Å²) < 4.78 is 10.9. The van der Waals surface area contributed by atoms with Crippen molar-refractivity contribution in [3.05, 3.63) is 23.8 Å². The number of methoxy groups -OCH3 is 1. The molecule has 0 aliphatic heterocycles. The lowest BCUT2D eigenvalue weighted by atomic mass is 10.1. The van der Waals surface area contributed by atoms with E-state index in [2.05, 4.69) is 0 Å². The Labute approximate surface area is 109 Å². The van der Waals surface area contributed by atoms with Crippen molar-refractivity contribution in [1.82, 2.24) is 4.90 Å². The molecule has 102 valence electrons. The Bertz CT molecular complexity index is 377. The Balaban J connectivity index is 3.00. The molecule has 0 aliphatic rings. The third kappa shape index (κ3) is 4.20. The molecule has 0 amide bonds. The zero-order valence-electron chi connectivity index (χ0n) is 11.8. The maximum atomic E-state index is 10.2. The van der Waals surface area contributed by atoms with Crippen LogP contribution in [0.25, 0.3) is 0 Å². The molecule has 1 aromatic carbocycles. The quantitative estimate of drug-likeness (QED) is 0.843. The average Bonchev–Trinajstić information content (AvgIpc) is 2.26. The van der Waals surface area contributed by atoms with E-state index in [1.807, 2.05) is 51.0 Å². The molecule has 0 aromatic heterocycles. The molecule has 0 heterocycles. The van der Waals surface area contributed by atoms with Crippen molar-refractivity contribution in [2.24, 2.45) is 0 Å². The second-order valence-electron chi connectivity index (χ2n) is 4.85. The molecule has 0 saturated carbocycles. The highest BCUT2D eigenvalue weighted by Crippen LogP contribution is 2.30. The highest BCUT2D eigenvalue weighted by atomic mass is 16.5. The van der Waals surface area contributed by atoms with E-state index in [-0.39, 0.29) is 6.10 Å². The first-order chi connectivity index (χ1) is 8.43. The smallest absolute Gasteiger partial charge is 0.129 e. The van der Waals surface area contributed by atoms with Crippen molar-refractivity contribution < 1.29 is 14.6 Å². The molecule has 0 saturated heterocycles. The number of hydrogen-bond acceptors (Lipinski definition) is 4. The van der Waals surface area contributed by atoms with Crippen molar-refractivity contribution in [3.8, 4) is 11.5 Å². The molecule has 1 rings (SSSR count). The summed E-state index contributed by atoms with van der Waals surface area (Å²) in [4.78, 5) is 1.94. The van der Waals surface area contributed by atoms with Gasteiger partial charge in [0, 0.05) is 18.2 Å². The number of likely N-dealkylation sites (N-methyl/N-ethyl adjacent to an activating group) is 1. The minimum Gasteiger partial charge on any atom is -0.497 e. The van der Waals surface area contributed by atoms with Crippen molar-refractivity contribution >= 4 is 0 Å². The molecule has 1 N–H and O–H groups in total.